The molecule has 6 atom stereocenters. The molecule has 0 radical (unpaired) electrons. The zero-order valence-electron chi connectivity index (χ0n) is 23.4. The Hall–Kier alpha value is -4.69. The highest BCUT2D eigenvalue weighted by Crippen LogP contribution is 2.63. The number of aromatic hydroxyl groups is 1. The van der Waals surface area contributed by atoms with Crippen molar-refractivity contribution in [2.45, 2.75) is 24.7 Å². The van der Waals surface area contributed by atoms with Crippen LogP contribution in [-0.4, -0.2) is 28.7 Å². The lowest BCUT2D eigenvalue weighted by Gasteiger charge is -2.51. The molecule has 3 aliphatic heterocycles. The predicted molar refractivity (Wildman–Crippen MR) is 161 cm³/mol. The van der Waals surface area contributed by atoms with Crippen LogP contribution in [0.2, 0.25) is 5.02 Å². The molecule has 3 aromatic carbocycles. The van der Waals surface area contributed by atoms with Crippen molar-refractivity contribution < 1.29 is 29.0 Å². The van der Waals surface area contributed by atoms with Gasteiger partial charge in [0, 0.05) is 22.9 Å². The van der Waals surface area contributed by atoms with E-state index in [9.17, 15) is 19.5 Å². The zero-order chi connectivity index (χ0) is 30.3. The molecule has 9 heteroatoms. The van der Waals surface area contributed by atoms with Gasteiger partial charge < -0.3 is 9.84 Å². The van der Waals surface area contributed by atoms with Crippen molar-refractivity contribution in [1.29, 1.82) is 0 Å². The number of nitrogens with one attached hydrogen (secondary N) is 1. The molecule has 2 saturated heterocycles. The largest absolute Gasteiger partial charge is 0.508 e. The Bertz CT molecular complexity index is 1850. The molecule has 8 rings (SSSR count). The summed E-state index contributed by atoms with van der Waals surface area (Å²) in [5.74, 6) is -3.78. The third kappa shape index (κ3) is 3.64. The molecule has 2 N–H and O–H groups in total. The van der Waals surface area contributed by atoms with Crippen LogP contribution in [0.15, 0.2) is 96.3 Å². The first-order valence-electron chi connectivity index (χ1n) is 14.7. The summed E-state index contributed by atoms with van der Waals surface area (Å²) in [5.41, 5.74) is 2.07. The Balaban J connectivity index is 1.38. The van der Waals surface area contributed by atoms with Gasteiger partial charge in [-0.3, -0.25) is 24.5 Å². The van der Waals surface area contributed by atoms with E-state index in [1.165, 1.54) is 4.90 Å². The minimum absolute atomic E-state index is 0.0888. The third-order valence-corrected chi connectivity index (χ3v) is 10.4. The monoisotopic (exact) mass is 606 g/mol. The van der Waals surface area contributed by atoms with Crippen LogP contribution in [0.3, 0.4) is 0 Å². The molecule has 0 bridgehead atoms. The van der Waals surface area contributed by atoms with E-state index in [1.54, 1.807) is 48.7 Å². The number of carbonyl (C=O) groups excluding carboxylic acids is 4. The van der Waals surface area contributed by atoms with Gasteiger partial charge in [-0.1, -0.05) is 59.6 Å². The molecule has 3 heterocycles. The predicted octanol–water partition coefficient (Wildman–Crippen LogP) is 4.85. The molecular formula is C35H27ClN2O6. The SMILES string of the molecule is O=C1NC(=O)[C@H]2CC=C3[C@H](C4=COc5ccc(O)cc5C4)[C@]4(c5ccccc5)C(=O)N(c5cccc(Cl)c5)C(=O)[C@@H]4C[C@H]3[C@@H]12. The Morgan fingerprint density at radius 3 is 2.55 bits per heavy atom. The van der Waals surface area contributed by atoms with Gasteiger partial charge in [0.05, 0.1) is 35.1 Å². The number of ether oxygens (including phenoxy) is 1. The third-order valence-electron chi connectivity index (χ3n) is 10.2. The number of amides is 4. The van der Waals surface area contributed by atoms with E-state index in [-0.39, 0.29) is 35.8 Å². The number of carbonyl (C=O) groups is 4. The number of nitrogens with zero attached hydrogens (tertiary/aromatic N) is 1. The van der Waals surface area contributed by atoms with Crippen LogP contribution in [0.4, 0.5) is 5.69 Å². The summed E-state index contributed by atoms with van der Waals surface area (Å²) in [4.78, 5) is 57.1. The lowest BCUT2D eigenvalue weighted by atomic mass is 9.48. The number of hydrogen-bond donors (Lipinski definition) is 2. The summed E-state index contributed by atoms with van der Waals surface area (Å²) >= 11 is 6.34. The fraction of sp³-hybridized carbons (Fsp3) is 0.257. The van der Waals surface area contributed by atoms with Crippen molar-refractivity contribution >= 4 is 40.9 Å². The Morgan fingerprint density at radius 1 is 0.932 bits per heavy atom. The number of benzene rings is 3. The number of imide groups is 2. The molecule has 3 aromatic rings. The van der Waals surface area contributed by atoms with Crippen LogP contribution in [0.1, 0.15) is 24.0 Å². The maximum atomic E-state index is 15.1. The summed E-state index contributed by atoms with van der Waals surface area (Å²) in [6, 6.07) is 20.9. The van der Waals surface area contributed by atoms with Gasteiger partial charge in [-0.25, -0.2) is 4.90 Å². The van der Waals surface area contributed by atoms with Crippen molar-refractivity contribution in [3.8, 4) is 11.5 Å². The van der Waals surface area contributed by atoms with Gasteiger partial charge in [0.25, 0.3) is 0 Å². The van der Waals surface area contributed by atoms with Crippen molar-refractivity contribution in [3.63, 3.8) is 0 Å². The fourth-order valence-corrected chi connectivity index (χ4v) is 8.66. The fourth-order valence-electron chi connectivity index (χ4n) is 8.47. The van der Waals surface area contributed by atoms with Crippen molar-refractivity contribution in [3.05, 3.63) is 112 Å². The number of phenols is 1. The lowest BCUT2D eigenvalue weighted by molar-refractivity contribution is -0.128. The number of halogens is 1. The van der Waals surface area contributed by atoms with Crippen LogP contribution in [0.25, 0.3) is 0 Å². The summed E-state index contributed by atoms with van der Waals surface area (Å²) in [6.45, 7) is 0. The number of phenolic OH excluding ortho intramolecular Hbond substituents is 1. The second kappa shape index (κ2) is 9.66. The minimum Gasteiger partial charge on any atom is -0.508 e. The molecule has 3 fully saturated rings. The first kappa shape index (κ1) is 26.9. The minimum atomic E-state index is -1.36. The van der Waals surface area contributed by atoms with E-state index in [0.29, 0.717) is 34.9 Å². The summed E-state index contributed by atoms with van der Waals surface area (Å²) in [6.07, 6.45) is 4.60. The standard InChI is InChI=1S/C35H27ClN2O6/c36-21-7-4-8-22(15-21)38-33(42)27-16-26-24(10-11-25-29(26)32(41)37-31(25)40)30(35(27,34(38)43)20-5-2-1-3-6-20)19-13-18-14-23(39)9-12-28(18)44-17-19/h1-10,12,14-15,17,25-27,29-30,39H,11,13,16H2,(H,37,40,41)/t25-,26+,27-,29-,30-,35+/m0/s1. The topological polar surface area (TPSA) is 113 Å². The number of fused-ring (bicyclic) bond motifs is 5. The van der Waals surface area contributed by atoms with Crippen molar-refractivity contribution in [2.24, 2.45) is 29.6 Å². The van der Waals surface area contributed by atoms with E-state index in [4.69, 9.17) is 16.3 Å². The number of anilines is 1. The van der Waals surface area contributed by atoms with Gasteiger partial charge in [-0.15, -0.1) is 0 Å². The number of allylic oxidation sites excluding steroid dienone is 3. The van der Waals surface area contributed by atoms with Crippen LogP contribution in [0.5, 0.6) is 11.5 Å². The van der Waals surface area contributed by atoms with Gasteiger partial charge in [0.2, 0.25) is 23.6 Å². The van der Waals surface area contributed by atoms with E-state index >= 15 is 4.79 Å². The zero-order valence-corrected chi connectivity index (χ0v) is 24.2. The Labute approximate surface area is 258 Å². The number of rotatable bonds is 3. The molecule has 8 nitrogen and oxygen atoms in total. The molecular weight excluding hydrogens is 580 g/mol. The maximum Gasteiger partial charge on any atom is 0.246 e. The average Bonchev–Trinajstić information content (AvgIpc) is 3.44. The normalized spacial score (nSPS) is 30.4. The molecule has 44 heavy (non-hydrogen) atoms. The Morgan fingerprint density at radius 2 is 1.75 bits per heavy atom. The van der Waals surface area contributed by atoms with Crippen molar-refractivity contribution in [2.75, 3.05) is 4.90 Å². The number of hydrogen-bond acceptors (Lipinski definition) is 6. The average molecular weight is 607 g/mol. The van der Waals surface area contributed by atoms with Gasteiger partial charge >= 0.3 is 0 Å². The van der Waals surface area contributed by atoms with Gasteiger partial charge in [0.15, 0.2) is 0 Å². The van der Waals surface area contributed by atoms with Gasteiger partial charge in [0.1, 0.15) is 11.5 Å². The molecule has 0 unspecified atom stereocenters. The molecule has 4 amide bonds. The quantitative estimate of drug-likeness (QED) is 0.326. The van der Waals surface area contributed by atoms with Crippen LogP contribution >= 0.6 is 11.6 Å². The Kier molecular flexibility index (Phi) is 5.90. The molecule has 0 spiro atoms. The van der Waals surface area contributed by atoms with E-state index in [0.717, 1.165) is 16.7 Å². The summed E-state index contributed by atoms with van der Waals surface area (Å²) < 4.78 is 6.11. The van der Waals surface area contributed by atoms with Crippen LogP contribution < -0.4 is 15.0 Å². The van der Waals surface area contributed by atoms with Gasteiger partial charge in [-0.2, -0.15) is 0 Å². The van der Waals surface area contributed by atoms with Crippen LogP contribution in [-0.2, 0) is 31.0 Å². The highest BCUT2D eigenvalue weighted by atomic mass is 35.5. The van der Waals surface area contributed by atoms with Crippen molar-refractivity contribution in [1.82, 2.24) is 5.32 Å². The highest BCUT2D eigenvalue weighted by molar-refractivity contribution is 6.32. The molecule has 1 saturated carbocycles. The molecule has 220 valence electrons. The van der Waals surface area contributed by atoms with E-state index in [2.05, 4.69) is 5.32 Å². The van der Waals surface area contributed by atoms with E-state index in [1.807, 2.05) is 36.4 Å². The first-order chi connectivity index (χ1) is 21.3. The van der Waals surface area contributed by atoms with Gasteiger partial charge in [-0.05, 0) is 66.3 Å². The molecule has 2 aliphatic carbocycles. The first-order valence-corrected chi connectivity index (χ1v) is 15.1. The smallest absolute Gasteiger partial charge is 0.246 e. The maximum absolute atomic E-state index is 15.1. The van der Waals surface area contributed by atoms with Crippen LogP contribution in [0, 0.1) is 29.6 Å². The summed E-state index contributed by atoms with van der Waals surface area (Å²) in [5, 5.41) is 13.2. The lowest BCUT2D eigenvalue weighted by Crippen LogP contribution is -2.55. The van der Waals surface area contributed by atoms with E-state index < -0.39 is 35.0 Å². The summed E-state index contributed by atoms with van der Waals surface area (Å²) in [7, 11) is 0. The molecule has 0 aromatic heterocycles. The molecule has 5 aliphatic rings. The second-order valence-corrected chi connectivity index (χ2v) is 12.7. The highest BCUT2D eigenvalue weighted by Gasteiger charge is 2.70. The second-order valence-electron chi connectivity index (χ2n) is 12.2.